The van der Waals surface area contributed by atoms with E-state index in [4.69, 9.17) is 16.0 Å². The maximum Gasteiger partial charge on any atom is 0.227 e. The number of hydrogen-bond acceptors (Lipinski definition) is 3. The van der Waals surface area contributed by atoms with Crippen LogP contribution >= 0.6 is 11.6 Å². The van der Waals surface area contributed by atoms with Crippen molar-refractivity contribution in [2.45, 2.75) is 12.8 Å². The minimum atomic E-state index is 0.0814. The number of fused-ring (bicyclic) bond motifs is 1. The van der Waals surface area contributed by atoms with Gasteiger partial charge in [-0.3, -0.25) is 4.79 Å². The molecule has 0 spiro atoms. The number of benzene rings is 2. The van der Waals surface area contributed by atoms with Gasteiger partial charge in [0.05, 0.1) is 0 Å². The monoisotopic (exact) mass is 312 g/mol. The summed E-state index contributed by atoms with van der Waals surface area (Å²) in [6.07, 6.45) is 1.97. The molecule has 0 radical (unpaired) electrons. The topological polar surface area (TPSA) is 55.1 Å². The summed E-state index contributed by atoms with van der Waals surface area (Å²) in [5, 5.41) is 3.55. The molecule has 0 bridgehead atoms. The lowest BCUT2D eigenvalue weighted by molar-refractivity contribution is -0.117. The van der Waals surface area contributed by atoms with Gasteiger partial charge in [0.2, 0.25) is 11.8 Å². The van der Waals surface area contributed by atoms with Crippen LogP contribution in [0.4, 0.5) is 5.69 Å². The van der Waals surface area contributed by atoms with E-state index in [0.717, 1.165) is 24.1 Å². The number of carbonyl (C=O) groups is 1. The summed E-state index contributed by atoms with van der Waals surface area (Å²) in [4.78, 5) is 16.3. The van der Waals surface area contributed by atoms with E-state index in [-0.39, 0.29) is 11.8 Å². The van der Waals surface area contributed by atoms with Crippen molar-refractivity contribution in [3.63, 3.8) is 0 Å². The maximum atomic E-state index is 11.8. The summed E-state index contributed by atoms with van der Waals surface area (Å²) in [5.41, 5.74) is 2.96. The fourth-order valence-corrected chi connectivity index (χ4v) is 2.53. The Kier molecular flexibility index (Phi) is 3.12. The first-order chi connectivity index (χ1) is 10.7. The second-order valence-corrected chi connectivity index (χ2v) is 5.91. The minimum Gasteiger partial charge on any atom is -0.436 e. The molecule has 0 saturated heterocycles. The largest absolute Gasteiger partial charge is 0.436 e. The highest BCUT2D eigenvalue weighted by molar-refractivity contribution is 6.30. The third-order valence-electron chi connectivity index (χ3n) is 3.67. The molecule has 110 valence electrons. The summed E-state index contributed by atoms with van der Waals surface area (Å²) in [7, 11) is 0. The van der Waals surface area contributed by atoms with Crippen LogP contribution in [0.15, 0.2) is 46.9 Å². The second kappa shape index (κ2) is 5.14. The molecule has 1 fully saturated rings. The number of nitrogens with one attached hydrogen (secondary N) is 1. The lowest BCUT2D eigenvalue weighted by Crippen LogP contribution is -2.12. The molecule has 1 heterocycles. The van der Waals surface area contributed by atoms with Gasteiger partial charge < -0.3 is 9.73 Å². The van der Waals surface area contributed by atoms with Crippen LogP contribution in [0.2, 0.25) is 5.02 Å². The average molecular weight is 313 g/mol. The van der Waals surface area contributed by atoms with E-state index in [2.05, 4.69) is 10.3 Å². The van der Waals surface area contributed by atoms with Crippen molar-refractivity contribution in [3.05, 3.63) is 47.5 Å². The highest BCUT2D eigenvalue weighted by Crippen LogP contribution is 2.31. The summed E-state index contributed by atoms with van der Waals surface area (Å²) in [5.74, 6) is 0.774. The molecule has 4 rings (SSSR count). The number of rotatable bonds is 3. The predicted molar refractivity (Wildman–Crippen MR) is 85.8 cm³/mol. The van der Waals surface area contributed by atoms with E-state index in [9.17, 15) is 4.79 Å². The van der Waals surface area contributed by atoms with Crippen LogP contribution in [0, 0.1) is 5.92 Å². The molecule has 3 aromatic rings. The summed E-state index contributed by atoms with van der Waals surface area (Å²) in [6, 6.07) is 12.8. The van der Waals surface area contributed by atoms with E-state index in [1.54, 1.807) is 6.07 Å². The van der Waals surface area contributed by atoms with Gasteiger partial charge in [-0.2, -0.15) is 0 Å². The Balaban J connectivity index is 1.67. The van der Waals surface area contributed by atoms with Gasteiger partial charge in [0, 0.05) is 22.2 Å². The van der Waals surface area contributed by atoms with Crippen LogP contribution in [-0.4, -0.2) is 10.9 Å². The lowest BCUT2D eigenvalue weighted by atomic mass is 10.2. The first-order valence-corrected chi connectivity index (χ1v) is 7.54. The Hall–Kier alpha value is -2.33. The molecule has 2 aromatic carbocycles. The van der Waals surface area contributed by atoms with Crippen LogP contribution in [0.1, 0.15) is 12.8 Å². The van der Waals surface area contributed by atoms with Crippen molar-refractivity contribution in [3.8, 4) is 11.5 Å². The van der Waals surface area contributed by atoms with E-state index >= 15 is 0 Å². The highest BCUT2D eigenvalue weighted by atomic mass is 35.5. The number of oxazole rings is 1. The van der Waals surface area contributed by atoms with E-state index in [1.807, 2.05) is 36.4 Å². The zero-order valence-corrected chi connectivity index (χ0v) is 12.4. The molecular formula is C17H13ClN2O2. The first-order valence-electron chi connectivity index (χ1n) is 7.16. The molecule has 1 aliphatic rings. The molecule has 5 heteroatoms. The van der Waals surface area contributed by atoms with E-state index < -0.39 is 0 Å². The van der Waals surface area contributed by atoms with Gasteiger partial charge in [0.1, 0.15) is 5.52 Å². The Morgan fingerprint density at radius 1 is 1.23 bits per heavy atom. The van der Waals surface area contributed by atoms with Gasteiger partial charge in [-0.1, -0.05) is 17.7 Å². The molecule has 0 atom stereocenters. The van der Waals surface area contributed by atoms with Crippen LogP contribution in [0.3, 0.4) is 0 Å². The van der Waals surface area contributed by atoms with Crippen molar-refractivity contribution in [2.24, 2.45) is 5.92 Å². The van der Waals surface area contributed by atoms with E-state index in [1.165, 1.54) is 0 Å². The number of hydrogen-bond donors (Lipinski definition) is 1. The number of aromatic nitrogens is 1. The Bertz CT molecular complexity index is 868. The summed E-state index contributed by atoms with van der Waals surface area (Å²) in [6.45, 7) is 0. The van der Waals surface area contributed by atoms with Gasteiger partial charge in [-0.15, -0.1) is 0 Å². The molecular weight excluding hydrogens is 300 g/mol. The predicted octanol–water partition coefficient (Wildman–Crippen LogP) is 4.50. The summed E-state index contributed by atoms with van der Waals surface area (Å²) >= 11 is 5.99. The van der Waals surface area contributed by atoms with E-state index in [0.29, 0.717) is 22.0 Å². The van der Waals surface area contributed by atoms with Crippen LogP contribution in [-0.2, 0) is 4.79 Å². The number of amides is 1. The zero-order valence-electron chi connectivity index (χ0n) is 11.7. The Labute approximate surface area is 132 Å². The Morgan fingerprint density at radius 3 is 2.86 bits per heavy atom. The smallest absolute Gasteiger partial charge is 0.227 e. The normalized spacial score (nSPS) is 14.2. The number of anilines is 1. The molecule has 0 unspecified atom stereocenters. The molecule has 1 aromatic heterocycles. The maximum absolute atomic E-state index is 11.8. The third-order valence-corrected chi connectivity index (χ3v) is 3.91. The van der Waals surface area contributed by atoms with Crippen molar-refractivity contribution < 1.29 is 9.21 Å². The molecule has 1 aliphatic carbocycles. The third kappa shape index (κ3) is 2.57. The van der Waals surface area contributed by atoms with Gasteiger partial charge in [0.15, 0.2) is 5.58 Å². The molecule has 22 heavy (non-hydrogen) atoms. The summed E-state index contributed by atoms with van der Waals surface area (Å²) < 4.78 is 5.75. The van der Waals surface area contributed by atoms with Crippen LogP contribution in [0.5, 0.6) is 0 Å². The number of halogens is 1. The molecule has 1 saturated carbocycles. The quantitative estimate of drug-likeness (QED) is 0.775. The van der Waals surface area contributed by atoms with Crippen molar-refractivity contribution in [1.82, 2.24) is 4.98 Å². The van der Waals surface area contributed by atoms with Gasteiger partial charge >= 0.3 is 0 Å². The molecule has 0 aliphatic heterocycles. The lowest BCUT2D eigenvalue weighted by Gasteiger charge is -2.02. The number of carbonyl (C=O) groups excluding carboxylic acids is 1. The van der Waals surface area contributed by atoms with Gasteiger partial charge in [-0.25, -0.2) is 4.98 Å². The van der Waals surface area contributed by atoms with Crippen molar-refractivity contribution in [2.75, 3.05) is 5.32 Å². The van der Waals surface area contributed by atoms with Crippen molar-refractivity contribution >= 4 is 34.3 Å². The Morgan fingerprint density at radius 2 is 2.09 bits per heavy atom. The SMILES string of the molecule is O=C(Nc1ccc2oc(-c3cccc(Cl)c3)nc2c1)C1CC1. The highest BCUT2D eigenvalue weighted by Gasteiger charge is 2.29. The first kappa shape index (κ1) is 13.3. The minimum absolute atomic E-state index is 0.0814. The van der Waals surface area contributed by atoms with Crippen molar-refractivity contribution in [1.29, 1.82) is 0 Å². The van der Waals surface area contributed by atoms with Gasteiger partial charge in [-0.05, 0) is 49.2 Å². The fraction of sp³-hybridized carbons (Fsp3) is 0.176. The average Bonchev–Trinajstić information content (AvgIpc) is 3.27. The molecule has 1 N–H and O–H groups in total. The van der Waals surface area contributed by atoms with Gasteiger partial charge in [0.25, 0.3) is 0 Å². The molecule has 4 nitrogen and oxygen atoms in total. The molecule has 1 amide bonds. The van der Waals surface area contributed by atoms with Crippen LogP contribution in [0.25, 0.3) is 22.6 Å². The second-order valence-electron chi connectivity index (χ2n) is 5.48. The standard InChI is InChI=1S/C17H13ClN2O2/c18-12-3-1-2-11(8-12)17-20-14-9-13(6-7-15(14)22-17)19-16(21)10-4-5-10/h1-3,6-10H,4-5H2,(H,19,21). The zero-order chi connectivity index (χ0) is 15.1. The number of nitrogens with zero attached hydrogens (tertiary/aromatic N) is 1. The fourth-order valence-electron chi connectivity index (χ4n) is 2.34. The van der Waals surface area contributed by atoms with Crippen LogP contribution < -0.4 is 5.32 Å².